The summed E-state index contributed by atoms with van der Waals surface area (Å²) in [5.41, 5.74) is 0.108. The lowest BCUT2D eigenvalue weighted by Crippen LogP contribution is -2.12. The standard InChI is InChI=1S/C23H12O2/c1-12-14-8-9-17-15-6-2-4-13-5-3-7-16(20(13)15)18-10-11-19(23(24)25-12)21(14)22(17)18/h2-11H,1H2. The molecule has 0 aliphatic rings. The maximum absolute atomic E-state index is 12.4. The van der Waals surface area contributed by atoms with Crippen molar-refractivity contribution in [3.8, 4) is 0 Å². The van der Waals surface area contributed by atoms with Gasteiger partial charge in [-0.25, -0.2) is 4.79 Å². The van der Waals surface area contributed by atoms with Gasteiger partial charge < -0.3 is 4.42 Å². The van der Waals surface area contributed by atoms with E-state index in [0.717, 1.165) is 16.2 Å². The predicted molar refractivity (Wildman–Crippen MR) is 104 cm³/mol. The molecule has 1 heterocycles. The lowest BCUT2D eigenvalue weighted by molar-refractivity contribution is 0.494. The minimum atomic E-state index is -0.321. The third kappa shape index (κ3) is 1.43. The van der Waals surface area contributed by atoms with Crippen molar-refractivity contribution in [3.05, 3.63) is 76.5 Å². The molecule has 0 radical (unpaired) electrons. The van der Waals surface area contributed by atoms with Gasteiger partial charge in [0.1, 0.15) is 5.42 Å². The van der Waals surface area contributed by atoms with Crippen molar-refractivity contribution in [2.75, 3.05) is 0 Å². The van der Waals surface area contributed by atoms with E-state index in [1.54, 1.807) is 0 Å². The van der Waals surface area contributed by atoms with E-state index in [2.05, 4.69) is 49.0 Å². The van der Waals surface area contributed by atoms with Crippen molar-refractivity contribution in [1.82, 2.24) is 0 Å². The summed E-state index contributed by atoms with van der Waals surface area (Å²) in [5, 5.41) is 10.9. The highest BCUT2D eigenvalue weighted by Gasteiger charge is 2.16. The largest absolute Gasteiger partial charge is 0.423 e. The summed E-state index contributed by atoms with van der Waals surface area (Å²) in [6, 6.07) is 20.9. The minimum Gasteiger partial charge on any atom is -0.423 e. The molecule has 0 saturated carbocycles. The molecule has 0 aliphatic carbocycles. The number of hydrogen-bond donors (Lipinski definition) is 0. The fraction of sp³-hybridized carbons (Fsp3) is 0. The van der Waals surface area contributed by atoms with E-state index < -0.39 is 0 Å². The Morgan fingerprint density at radius 2 is 1.12 bits per heavy atom. The molecule has 0 saturated heterocycles. The second-order valence-electron chi connectivity index (χ2n) is 6.59. The monoisotopic (exact) mass is 320 g/mol. The highest BCUT2D eigenvalue weighted by Crippen LogP contribution is 2.41. The average Bonchev–Trinajstić information content (AvgIpc) is 2.64. The van der Waals surface area contributed by atoms with Crippen molar-refractivity contribution in [1.29, 1.82) is 0 Å². The van der Waals surface area contributed by atoms with Gasteiger partial charge in [0.2, 0.25) is 0 Å². The van der Waals surface area contributed by atoms with Crippen LogP contribution in [0.1, 0.15) is 0 Å². The first kappa shape index (κ1) is 13.0. The second-order valence-corrected chi connectivity index (χ2v) is 6.59. The molecule has 0 aliphatic heterocycles. The number of fused-ring (bicyclic) bond motifs is 2. The first-order chi connectivity index (χ1) is 12.2. The van der Waals surface area contributed by atoms with Crippen LogP contribution in [0.15, 0.2) is 69.9 Å². The minimum absolute atomic E-state index is 0.321. The van der Waals surface area contributed by atoms with Crippen LogP contribution in [0.3, 0.4) is 0 Å². The Labute approximate surface area is 141 Å². The molecule has 2 nitrogen and oxygen atoms in total. The molecule has 0 amide bonds. The SMILES string of the molecule is C=c1oc(=O)c2ccc3c4cccc5cccc(c6ccc1c2c63)c54. The third-order valence-electron chi connectivity index (χ3n) is 5.38. The van der Waals surface area contributed by atoms with Gasteiger partial charge in [-0.15, -0.1) is 0 Å². The maximum atomic E-state index is 12.4. The van der Waals surface area contributed by atoms with Gasteiger partial charge >= 0.3 is 5.63 Å². The molecule has 25 heavy (non-hydrogen) atoms. The fourth-order valence-electron chi connectivity index (χ4n) is 4.36. The van der Waals surface area contributed by atoms with Gasteiger partial charge in [0.15, 0.2) is 0 Å². The molecule has 0 fully saturated rings. The molecular formula is C23H12O2. The van der Waals surface area contributed by atoms with Crippen molar-refractivity contribution >= 4 is 60.4 Å². The van der Waals surface area contributed by atoms with Crippen LogP contribution in [-0.2, 0) is 0 Å². The quantitative estimate of drug-likeness (QED) is 0.292. The molecule has 6 aromatic rings. The van der Waals surface area contributed by atoms with E-state index in [1.807, 2.05) is 18.2 Å². The molecule has 0 bridgehead atoms. The van der Waals surface area contributed by atoms with Gasteiger partial charge in [0.25, 0.3) is 0 Å². The normalized spacial score (nSPS) is 12.3. The Balaban J connectivity index is 2.13. The summed E-state index contributed by atoms with van der Waals surface area (Å²) in [4.78, 5) is 12.4. The summed E-state index contributed by atoms with van der Waals surface area (Å²) in [7, 11) is 0. The Morgan fingerprint density at radius 3 is 1.80 bits per heavy atom. The summed E-state index contributed by atoms with van der Waals surface area (Å²) >= 11 is 0. The topological polar surface area (TPSA) is 30.2 Å². The molecule has 0 atom stereocenters. The number of benzene rings is 5. The van der Waals surface area contributed by atoms with Crippen LogP contribution in [0.2, 0.25) is 0 Å². The lowest BCUT2D eigenvalue weighted by Gasteiger charge is -2.15. The van der Waals surface area contributed by atoms with E-state index in [1.165, 1.54) is 32.3 Å². The van der Waals surface area contributed by atoms with Gasteiger partial charge in [-0.05, 0) is 49.8 Å². The molecule has 6 rings (SSSR count). The zero-order valence-electron chi connectivity index (χ0n) is 13.3. The maximum Gasteiger partial charge on any atom is 0.344 e. The van der Waals surface area contributed by atoms with Gasteiger partial charge in [0.05, 0.1) is 5.39 Å². The van der Waals surface area contributed by atoms with Crippen molar-refractivity contribution in [2.24, 2.45) is 0 Å². The van der Waals surface area contributed by atoms with E-state index in [0.29, 0.717) is 10.8 Å². The first-order valence-corrected chi connectivity index (χ1v) is 8.28. The molecule has 116 valence electrons. The Morgan fingerprint density at radius 1 is 0.600 bits per heavy atom. The summed E-state index contributed by atoms with van der Waals surface area (Å²) < 4.78 is 5.33. The average molecular weight is 320 g/mol. The van der Waals surface area contributed by atoms with Gasteiger partial charge in [-0.1, -0.05) is 55.1 Å². The van der Waals surface area contributed by atoms with Crippen LogP contribution in [0.25, 0.3) is 60.4 Å². The van der Waals surface area contributed by atoms with E-state index in [4.69, 9.17) is 4.42 Å². The Kier molecular flexibility index (Phi) is 2.16. The van der Waals surface area contributed by atoms with E-state index in [9.17, 15) is 4.79 Å². The molecular weight excluding hydrogens is 308 g/mol. The fourth-order valence-corrected chi connectivity index (χ4v) is 4.36. The smallest absolute Gasteiger partial charge is 0.344 e. The van der Waals surface area contributed by atoms with Crippen LogP contribution in [0, 0.1) is 0 Å². The van der Waals surface area contributed by atoms with Crippen LogP contribution in [-0.4, -0.2) is 0 Å². The van der Waals surface area contributed by atoms with Crippen LogP contribution in [0.5, 0.6) is 0 Å². The third-order valence-corrected chi connectivity index (χ3v) is 5.38. The Hall–Kier alpha value is -3.39. The van der Waals surface area contributed by atoms with Gasteiger partial charge in [-0.2, -0.15) is 0 Å². The van der Waals surface area contributed by atoms with Crippen LogP contribution < -0.4 is 11.0 Å². The zero-order chi connectivity index (χ0) is 16.7. The van der Waals surface area contributed by atoms with Crippen molar-refractivity contribution in [2.45, 2.75) is 0 Å². The molecule has 0 N–H and O–H groups in total. The van der Waals surface area contributed by atoms with E-state index in [-0.39, 0.29) is 5.63 Å². The summed E-state index contributed by atoms with van der Waals surface area (Å²) in [6.07, 6.45) is 0. The molecule has 2 heteroatoms. The number of hydrogen-bond acceptors (Lipinski definition) is 2. The summed E-state index contributed by atoms with van der Waals surface area (Å²) in [5.74, 6) is 0. The van der Waals surface area contributed by atoms with Crippen molar-refractivity contribution < 1.29 is 4.42 Å². The van der Waals surface area contributed by atoms with Crippen LogP contribution in [0.4, 0.5) is 0 Å². The van der Waals surface area contributed by atoms with Gasteiger partial charge in [-0.3, -0.25) is 0 Å². The highest BCUT2D eigenvalue weighted by atomic mass is 16.4. The highest BCUT2D eigenvalue weighted by molar-refractivity contribution is 6.36. The zero-order valence-corrected chi connectivity index (χ0v) is 13.3. The van der Waals surface area contributed by atoms with Crippen molar-refractivity contribution in [3.63, 3.8) is 0 Å². The molecule has 0 spiro atoms. The predicted octanol–water partition coefficient (Wildman–Crippen LogP) is 4.97. The molecule has 1 aromatic heterocycles. The van der Waals surface area contributed by atoms with E-state index >= 15 is 0 Å². The first-order valence-electron chi connectivity index (χ1n) is 8.28. The molecule has 0 unspecified atom stereocenters. The molecule has 5 aromatic carbocycles. The van der Waals surface area contributed by atoms with Crippen LogP contribution >= 0.6 is 0 Å². The summed E-state index contributed by atoms with van der Waals surface area (Å²) in [6.45, 7) is 3.93. The second kappa shape index (κ2) is 4.17. The number of rotatable bonds is 0. The van der Waals surface area contributed by atoms with Gasteiger partial charge in [0, 0.05) is 10.8 Å². The Bertz CT molecular complexity index is 1460. The lowest BCUT2D eigenvalue weighted by atomic mass is 9.88.